The Balaban J connectivity index is 1.45. The number of aliphatic carboxylic acids is 1. The van der Waals surface area contributed by atoms with Gasteiger partial charge in [-0.25, -0.2) is 4.79 Å². The van der Waals surface area contributed by atoms with Gasteiger partial charge in [0, 0.05) is 6.04 Å². The predicted octanol–water partition coefficient (Wildman–Crippen LogP) is 1.25. The van der Waals surface area contributed by atoms with E-state index in [0.29, 0.717) is 12.5 Å². The fourth-order valence-electron chi connectivity index (χ4n) is 3.73. The van der Waals surface area contributed by atoms with Crippen LogP contribution in [0.15, 0.2) is 0 Å². The Kier molecular flexibility index (Phi) is 3.83. The molecule has 2 saturated heterocycles. The smallest absolute Gasteiger partial charge is 0.315 e. The van der Waals surface area contributed by atoms with Gasteiger partial charge < -0.3 is 20.5 Å². The molecule has 3 aliphatic rings. The van der Waals surface area contributed by atoms with E-state index in [-0.39, 0.29) is 30.1 Å². The monoisotopic (exact) mass is 282 g/mol. The van der Waals surface area contributed by atoms with E-state index in [1.165, 1.54) is 0 Å². The van der Waals surface area contributed by atoms with Crippen LogP contribution in [0.1, 0.15) is 44.9 Å². The second-order valence-corrected chi connectivity index (χ2v) is 6.23. The standard InChI is InChI=1S/C14H22N2O4/c17-13(18)8-2-1-3-9(6-8)15-14(19)16-11-7-10-4-5-12(11)20-10/h8-12H,1-7H2,(H,17,18)(H2,15,16,19). The summed E-state index contributed by atoms with van der Waals surface area (Å²) in [4.78, 5) is 23.0. The van der Waals surface area contributed by atoms with Crippen molar-refractivity contribution in [3.63, 3.8) is 0 Å². The molecule has 0 aromatic carbocycles. The van der Waals surface area contributed by atoms with Crippen molar-refractivity contribution in [3.8, 4) is 0 Å². The van der Waals surface area contributed by atoms with E-state index >= 15 is 0 Å². The molecule has 2 bridgehead atoms. The van der Waals surface area contributed by atoms with E-state index in [4.69, 9.17) is 9.84 Å². The first-order valence-corrected chi connectivity index (χ1v) is 7.57. The minimum absolute atomic E-state index is 0.0237. The highest BCUT2D eigenvalue weighted by Crippen LogP contribution is 2.34. The number of carboxylic acids is 1. The number of carbonyl (C=O) groups is 2. The topological polar surface area (TPSA) is 87.7 Å². The predicted molar refractivity (Wildman–Crippen MR) is 71.3 cm³/mol. The average molecular weight is 282 g/mol. The third-order valence-corrected chi connectivity index (χ3v) is 4.78. The maximum Gasteiger partial charge on any atom is 0.315 e. The third-order valence-electron chi connectivity index (χ3n) is 4.78. The maximum absolute atomic E-state index is 12.0. The molecule has 0 aromatic heterocycles. The van der Waals surface area contributed by atoms with Crippen LogP contribution in [0.2, 0.25) is 0 Å². The van der Waals surface area contributed by atoms with Crippen molar-refractivity contribution in [1.82, 2.24) is 10.6 Å². The van der Waals surface area contributed by atoms with E-state index in [1.807, 2.05) is 0 Å². The first kappa shape index (κ1) is 13.7. The summed E-state index contributed by atoms with van der Waals surface area (Å²) in [6.45, 7) is 0. The molecule has 1 saturated carbocycles. The van der Waals surface area contributed by atoms with Gasteiger partial charge in [0.15, 0.2) is 0 Å². The molecule has 1 aliphatic carbocycles. The Bertz CT molecular complexity index is 401. The van der Waals surface area contributed by atoms with E-state index in [1.54, 1.807) is 0 Å². The number of fused-ring (bicyclic) bond motifs is 2. The number of carbonyl (C=O) groups excluding carboxylic acids is 1. The highest BCUT2D eigenvalue weighted by atomic mass is 16.5. The normalized spacial score (nSPS) is 39.5. The summed E-state index contributed by atoms with van der Waals surface area (Å²) in [5.74, 6) is -1.07. The van der Waals surface area contributed by atoms with Gasteiger partial charge in [0.25, 0.3) is 0 Å². The zero-order chi connectivity index (χ0) is 14.1. The molecule has 6 nitrogen and oxygen atoms in total. The summed E-state index contributed by atoms with van der Waals surface area (Å²) in [6, 6.07) is -0.0841. The van der Waals surface area contributed by atoms with Gasteiger partial charge in [-0.1, -0.05) is 6.42 Å². The molecule has 5 atom stereocenters. The fourth-order valence-corrected chi connectivity index (χ4v) is 3.73. The Morgan fingerprint density at radius 2 is 1.90 bits per heavy atom. The summed E-state index contributed by atoms with van der Waals surface area (Å²) in [5, 5.41) is 14.9. The summed E-state index contributed by atoms with van der Waals surface area (Å²) >= 11 is 0. The van der Waals surface area contributed by atoms with Crippen LogP contribution >= 0.6 is 0 Å². The van der Waals surface area contributed by atoms with Crippen LogP contribution in [0.3, 0.4) is 0 Å². The molecule has 6 heteroatoms. The second kappa shape index (κ2) is 5.60. The lowest BCUT2D eigenvalue weighted by Crippen LogP contribution is -2.50. The Morgan fingerprint density at radius 3 is 2.55 bits per heavy atom. The molecule has 112 valence electrons. The van der Waals surface area contributed by atoms with Gasteiger partial charge in [-0.2, -0.15) is 0 Å². The molecule has 20 heavy (non-hydrogen) atoms. The Hall–Kier alpha value is -1.30. The van der Waals surface area contributed by atoms with Crippen LogP contribution in [0.25, 0.3) is 0 Å². The Labute approximate surface area is 118 Å². The van der Waals surface area contributed by atoms with Gasteiger partial charge in [0.2, 0.25) is 0 Å². The molecule has 0 aromatic rings. The van der Waals surface area contributed by atoms with Gasteiger partial charge in [-0.3, -0.25) is 4.79 Å². The number of hydrogen-bond acceptors (Lipinski definition) is 3. The van der Waals surface area contributed by atoms with Crippen molar-refractivity contribution in [2.45, 2.75) is 69.2 Å². The number of rotatable bonds is 3. The first-order valence-electron chi connectivity index (χ1n) is 7.57. The second-order valence-electron chi connectivity index (χ2n) is 6.23. The number of nitrogens with one attached hydrogen (secondary N) is 2. The van der Waals surface area contributed by atoms with Crippen molar-refractivity contribution in [2.24, 2.45) is 5.92 Å². The lowest BCUT2D eigenvalue weighted by molar-refractivity contribution is -0.143. The van der Waals surface area contributed by atoms with Crippen molar-refractivity contribution in [3.05, 3.63) is 0 Å². The highest BCUT2D eigenvalue weighted by Gasteiger charge is 2.41. The quantitative estimate of drug-likeness (QED) is 0.727. The molecule has 5 unspecified atom stereocenters. The number of amides is 2. The molecule has 3 fully saturated rings. The molecule has 0 radical (unpaired) electrons. The maximum atomic E-state index is 12.0. The molecule has 2 aliphatic heterocycles. The minimum Gasteiger partial charge on any atom is -0.481 e. The molecular weight excluding hydrogens is 260 g/mol. The van der Waals surface area contributed by atoms with Gasteiger partial charge in [0.05, 0.1) is 24.2 Å². The molecular formula is C14H22N2O4. The zero-order valence-electron chi connectivity index (χ0n) is 11.5. The average Bonchev–Trinajstić information content (AvgIpc) is 3.01. The lowest BCUT2D eigenvalue weighted by Gasteiger charge is -2.28. The van der Waals surface area contributed by atoms with E-state index < -0.39 is 5.97 Å². The van der Waals surface area contributed by atoms with Crippen LogP contribution in [-0.4, -0.2) is 41.4 Å². The van der Waals surface area contributed by atoms with Crippen LogP contribution < -0.4 is 10.6 Å². The SMILES string of the molecule is O=C(NC1CCCC(C(=O)O)C1)NC1CC2CCC1O2. The number of urea groups is 1. The first-order chi connectivity index (χ1) is 9.61. The molecule has 2 heterocycles. The van der Waals surface area contributed by atoms with Crippen molar-refractivity contribution < 1.29 is 19.4 Å². The van der Waals surface area contributed by atoms with Crippen LogP contribution in [0, 0.1) is 5.92 Å². The van der Waals surface area contributed by atoms with Crippen molar-refractivity contribution in [1.29, 1.82) is 0 Å². The summed E-state index contributed by atoms with van der Waals surface area (Å²) in [5.41, 5.74) is 0. The minimum atomic E-state index is -0.751. The van der Waals surface area contributed by atoms with E-state index in [9.17, 15) is 9.59 Å². The Morgan fingerprint density at radius 1 is 1.05 bits per heavy atom. The molecule has 3 rings (SSSR count). The molecule has 2 amide bonds. The summed E-state index contributed by atoms with van der Waals surface area (Å²) in [7, 11) is 0. The summed E-state index contributed by atoms with van der Waals surface area (Å²) < 4.78 is 5.70. The van der Waals surface area contributed by atoms with Crippen LogP contribution in [-0.2, 0) is 9.53 Å². The largest absolute Gasteiger partial charge is 0.481 e. The van der Waals surface area contributed by atoms with Gasteiger partial charge >= 0.3 is 12.0 Å². The van der Waals surface area contributed by atoms with Crippen molar-refractivity contribution in [2.75, 3.05) is 0 Å². The van der Waals surface area contributed by atoms with E-state index in [2.05, 4.69) is 10.6 Å². The van der Waals surface area contributed by atoms with Gasteiger partial charge in [-0.15, -0.1) is 0 Å². The number of ether oxygens (including phenoxy) is 1. The zero-order valence-corrected chi connectivity index (χ0v) is 11.5. The molecule has 3 N–H and O–H groups in total. The lowest BCUT2D eigenvalue weighted by atomic mass is 9.86. The number of carboxylic acid groups (broad SMARTS) is 1. The van der Waals surface area contributed by atoms with Crippen molar-refractivity contribution >= 4 is 12.0 Å². The van der Waals surface area contributed by atoms with Crippen LogP contribution in [0.5, 0.6) is 0 Å². The van der Waals surface area contributed by atoms with E-state index in [0.717, 1.165) is 38.5 Å². The van der Waals surface area contributed by atoms with Crippen LogP contribution in [0.4, 0.5) is 4.79 Å². The molecule has 0 spiro atoms. The van der Waals surface area contributed by atoms with Gasteiger partial charge in [-0.05, 0) is 38.5 Å². The summed E-state index contributed by atoms with van der Waals surface area (Å²) in [6.07, 6.45) is 6.50. The highest BCUT2D eigenvalue weighted by molar-refractivity contribution is 5.75. The third kappa shape index (κ3) is 2.90. The van der Waals surface area contributed by atoms with Gasteiger partial charge in [0.1, 0.15) is 0 Å². The fraction of sp³-hybridized carbons (Fsp3) is 0.857. The number of hydrogen-bond donors (Lipinski definition) is 3.